The fourth-order valence-corrected chi connectivity index (χ4v) is 1.27. The second kappa shape index (κ2) is 8.21. The Hall–Kier alpha value is -0.120. The molecule has 84 valence electrons. The Morgan fingerprint density at radius 3 is 2.71 bits per heavy atom. The summed E-state index contributed by atoms with van der Waals surface area (Å²) in [6.45, 7) is 7.09. The molecule has 0 saturated heterocycles. The predicted octanol–water partition coefficient (Wildman–Crippen LogP) is 1.14. The van der Waals surface area contributed by atoms with Crippen LogP contribution in [0.2, 0.25) is 0 Å². The van der Waals surface area contributed by atoms with E-state index in [2.05, 4.69) is 17.6 Å². The highest BCUT2D eigenvalue weighted by atomic mass is 16.5. The zero-order chi connectivity index (χ0) is 10.1. The maximum atomic E-state index is 5.43. The number of hydrogen-bond donors (Lipinski definition) is 2. The summed E-state index contributed by atoms with van der Waals surface area (Å²) in [4.78, 5) is 0. The highest BCUT2D eigenvalue weighted by molar-refractivity contribution is 4.80. The van der Waals surface area contributed by atoms with Crippen LogP contribution in [-0.4, -0.2) is 38.9 Å². The fraction of sp³-hybridized carbons (Fsp3) is 1.00. The summed E-state index contributed by atoms with van der Waals surface area (Å²) in [6, 6.07) is 0.831. The second-order valence-corrected chi connectivity index (χ2v) is 3.94. The van der Waals surface area contributed by atoms with Gasteiger partial charge in [0.2, 0.25) is 0 Å². The van der Waals surface area contributed by atoms with Crippen molar-refractivity contribution >= 4 is 0 Å². The summed E-state index contributed by atoms with van der Waals surface area (Å²) in [6.07, 6.45) is 5.15. The average Bonchev–Trinajstić information content (AvgIpc) is 2.99. The van der Waals surface area contributed by atoms with E-state index in [1.807, 2.05) is 0 Å². The van der Waals surface area contributed by atoms with Crippen molar-refractivity contribution in [2.45, 2.75) is 38.6 Å². The summed E-state index contributed by atoms with van der Waals surface area (Å²) in [5.41, 5.74) is 0. The fourth-order valence-electron chi connectivity index (χ4n) is 1.27. The second-order valence-electron chi connectivity index (χ2n) is 3.94. The number of nitrogens with one attached hydrogen (secondary N) is 2. The summed E-state index contributed by atoms with van der Waals surface area (Å²) in [5.74, 6) is 0. The Morgan fingerprint density at radius 2 is 2.00 bits per heavy atom. The molecule has 2 N–H and O–H groups in total. The van der Waals surface area contributed by atoms with E-state index in [0.29, 0.717) is 0 Å². The van der Waals surface area contributed by atoms with Gasteiger partial charge in [0.15, 0.2) is 0 Å². The molecule has 0 unspecified atom stereocenters. The number of hydrogen-bond acceptors (Lipinski definition) is 3. The quantitative estimate of drug-likeness (QED) is 0.519. The molecule has 0 bridgehead atoms. The van der Waals surface area contributed by atoms with Crippen LogP contribution in [0.4, 0.5) is 0 Å². The third-order valence-corrected chi connectivity index (χ3v) is 2.38. The van der Waals surface area contributed by atoms with Gasteiger partial charge >= 0.3 is 0 Å². The molecule has 0 spiro atoms. The van der Waals surface area contributed by atoms with Gasteiger partial charge in [-0.2, -0.15) is 0 Å². The van der Waals surface area contributed by atoms with Crippen molar-refractivity contribution in [1.29, 1.82) is 0 Å². The molecule has 1 aliphatic rings. The van der Waals surface area contributed by atoms with E-state index in [0.717, 1.165) is 38.9 Å². The van der Waals surface area contributed by atoms with Gasteiger partial charge in [0.1, 0.15) is 0 Å². The molecule has 14 heavy (non-hydrogen) atoms. The Labute approximate surface area is 87.6 Å². The first-order valence-electron chi connectivity index (χ1n) is 5.95. The van der Waals surface area contributed by atoms with Crippen LogP contribution in [0.15, 0.2) is 0 Å². The van der Waals surface area contributed by atoms with Crippen LogP contribution in [-0.2, 0) is 4.74 Å². The maximum absolute atomic E-state index is 5.43. The molecule has 0 aromatic rings. The van der Waals surface area contributed by atoms with Gasteiger partial charge in [-0.1, -0.05) is 13.3 Å². The molecule has 0 radical (unpaired) electrons. The largest absolute Gasteiger partial charge is 0.380 e. The minimum absolute atomic E-state index is 0.831. The number of ether oxygens (including phenoxy) is 1. The van der Waals surface area contributed by atoms with Crippen LogP contribution in [0.3, 0.4) is 0 Å². The lowest BCUT2D eigenvalue weighted by atomic mass is 10.4. The van der Waals surface area contributed by atoms with Crippen LogP contribution >= 0.6 is 0 Å². The number of unbranched alkanes of at least 4 members (excludes halogenated alkanes) is 1. The van der Waals surface area contributed by atoms with E-state index in [1.165, 1.54) is 25.7 Å². The molecular formula is C11H24N2O. The summed E-state index contributed by atoms with van der Waals surface area (Å²) >= 11 is 0. The highest BCUT2D eigenvalue weighted by Gasteiger charge is 2.19. The van der Waals surface area contributed by atoms with Crippen LogP contribution in [0.25, 0.3) is 0 Å². The van der Waals surface area contributed by atoms with Crippen LogP contribution in [0, 0.1) is 0 Å². The first-order valence-corrected chi connectivity index (χ1v) is 5.95. The first-order chi connectivity index (χ1) is 6.93. The molecule has 1 saturated carbocycles. The smallest absolute Gasteiger partial charge is 0.0590 e. The molecule has 0 aromatic carbocycles. The lowest BCUT2D eigenvalue weighted by Gasteiger charge is -2.06. The van der Waals surface area contributed by atoms with E-state index in [4.69, 9.17) is 4.74 Å². The molecule has 1 aliphatic carbocycles. The van der Waals surface area contributed by atoms with E-state index in [1.54, 1.807) is 0 Å². The SMILES string of the molecule is CCCCOCCNCCNC1CC1. The van der Waals surface area contributed by atoms with E-state index in [9.17, 15) is 0 Å². The summed E-state index contributed by atoms with van der Waals surface area (Å²) < 4.78 is 5.43. The minimum Gasteiger partial charge on any atom is -0.380 e. The maximum Gasteiger partial charge on any atom is 0.0590 e. The van der Waals surface area contributed by atoms with Crippen LogP contribution in [0.5, 0.6) is 0 Å². The molecule has 3 heteroatoms. The van der Waals surface area contributed by atoms with Crippen molar-refractivity contribution in [3.8, 4) is 0 Å². The zero-order valence-electron chi connectivity index (χ0n) is 9.35. The van der Waals surface area contributed by atoms with Gasteiger partial charge in [-0.3, -0.25) is 0 Å². The van der Waals surface area contributed by atoms with Gasteiger partial charge in [-0.05, 0) is 19.3 Å². The van der Waals surface area contributed by atoms with Crippen LogP contribution < -0.4 is 10.6 Å². The van der Waals surface area contributed by atoms with Crippen LogP contribution in [0.1, 0.15) is 32.6 Å². The Balaban J connectivity index is 1.63. The van der Waals surface area contributed by atoms with Crippen molar-refractivity contribution in [1.82, 2.24) is 10.6 Å². The van der Waals surface area contributed by atoms with Crippen molar-refractivity contribution in [3.05, 3.63) is 0 Å². The average molecular weight is 200 g/mol. The molecule has 0 heterocycles. The molecule has 1 fully saturated rings. The molecular weight excluding hydrogens is 176 g/mol. The Kier molecular flexibility index (Phi) is 7.01. The Morgan fingerprint density at radius 1 is 1.14 bits per heavy atom. The molecule has 1 rings (SSSR count). The highest BCUT2D eigenvalue weighted by Crippen LogP contribution is 2.17. The van der Waals surface area contributed by atoms with E-state index >= 15 is 0 Å². The van der Waals surface area contributed by atoms with Gasteiger partial charge < -0.3 is 15.4 Å². The normalized spacial score (nSPS) is 16.1. The topological polar surface area (TPSA) is 33.3 Å². The molecule has 0 aliphatic heterocycles. The lowest BCUT2D eigenvalue weighted by Crippen LogP contribution is -2.30. The Bertz CT molecular complexity index is 126. The standard InChI is InChI=1S/C11H24N2O/c1-2-3-9-14-10-8-12-6-7-13-11-4-5-11/h11-13H,2-10H2,1H3. The van der Waals surface area contributed by atoms with Crippen molar-refractivity contribution < 1.29 is 4.74 Å². The molecule has 0 aromatic heterocycles. The third-order valence-electron chi connectivity index (χ3n) is 2.38. The van der Waals surface area contributed by atoms with Gasteiger partial charge in [0.25, 0.3) is 0 Å². The summed E-state index contributed by atoms with van der Waals surface area (Å²) in [5, 5.41) is 6.82. The minimum atomic E-state index is 0.831. The first kappa shape index (κ1) is 12.0. The lowest BCUT2D eigenvalue weighted by molar-refractivity contribution is 0.133. The summed E-state index contributed by atoms with van der Waals surface area (Å²) in [7, 11) is 0. The van der Waals surface area contributed by atoms with E-state index < -0.39 is 0 Å². The van der Waals surface area contributed by atoms with E-state index in [-0.39, 0.29) is 0 Å². The van der Waals surface area contributed by atoms with Gasteiger partial charge in [0, 0.05) is 32.3 Å². The molecule has 0 amide bonds. The zero-order valence-corrected chi connectivity index (χ0v) is 9.35. The third kappa shape index (κ3) is 7.30. The van der Waals surface area contributed by atoms with Gasteiger partial charge in [-0.25, -0.2) is 0 Å². The predicted molar refractivity (Wildman–Crippen MR) is 59.6 cm³/mol. The monoisotopic (exact) mass is 200 g/mol. The van der Waals surface area contributed by atoms with Crippen molar-refractivity contribution in [2.75, 3.05) is 32.8 Å². The van der Waals surface area contributed by atoms with Crippen molar-refractivity contribution in [3.63, 3.8) is 0 Å². The number of rotatable bonds is 10. The molecule has 3 nitrogen and oxygen atoms in total. The van der Waals surface area contributed by atoms with Gasteiger partial charge in [0.05, 0.1) is 6.61 Å². The van der Waals surface area contributed by atoms with Crippen molar-refractivity contribution in [2.24, 2.45) is 0 Å². The molecule has 0 atom stereocenters. The van der Waals surface area contributed by atoms with Gasteiger partial charge in [-0.15, -0.1) is 0 Å².